The van der Waals surface area contributed by atoms with Gasteiger partial charge in [-0.05, 0) is 43.0 Å². The van der Waals surface area contributed by atoms with E-state index in [0.29, 0.717) is 17.9 Å². The molecular formula is C25H31ClN2O3. The molecule has 0 radical (unpaired) electrons. The second kappa shape index (κ2) is 11.2. The Morgan fingerprint density at radius 3 is 2.48 bits per heavy atom. The quantitative estimate of drug-likeness (QED) is 0.599. The Bertz CT molecular complexity index is 879. The van der Waals surface area contributed by atoms with Crippen LogP contribution in [-0.4, -0.2) is 35.7 Å². The van der Waals surface area contributed by atoms with E-state index in [2.05, 4.69) is 5.32 Å². The van der Waals surface area contributed by atoms with Gasteiger partial charge in [-0.2, -0.15) is 0 Å². The molecule has 2 amide bonds. The van der Waals surface area contributed by atoms with Gasteiger partial charge in [-0.25, -0.2) is 0 Å². The smallest absolute Gasteiger partial charge is 0.247 e. The van der Waals surface area contributed by atoms with Crippen LogP contribution in [-0.2, 0) is 16.1 Å². The van der Waals surface area contributed by atoms with Gasteiger partial charge in [0.15, 0.2) is 0 Å². The second-order valence-corrected chi connectivity index (χ2v) is 8.43. The lowest BCUT2D eigenvalue weighted by Crippen LogP contribution is -2.47. The summed E-state index contributed by atoms with van der Waals surface area (Å²) < 4.78 is 5.37. The number of carbonyl (C=O) groups is 2. The van der Waals surface area contributed by atoms with Gasteiger partial charge in [0.2, 0.25) is 11.8 Å². The molecule has 0 spiro atoms. The van der Waals surface area contributed by atoms with E-state index in [0.717, 1.165) is 36.8 Å². The summed E-state index contributed by atoms with van der Waals surface area (Å²) >= 11 is 5.98. The topological polar surface area (TPSA) is 58.6 Å². The minimum Gasteiger partial charge on any atom is -0.497 e. The third-order valence-electron chi connectivity index (χ3n) is 5.83. The second-order valence-electron chi connectivity index (χ2n) is 8.16. The van der Waals surface area contributed by atoms with Gasteiger partial charge in [0.05, 0.1) is 7.11 Å². The van der Waals surface area contributed by atoms with E-state index in [1.54, 1.807) is 12.0 Å². The zero-order valence-corrected chi connectivity index (χ0v) is 19.0. The first-order chi connectivity index (χ1) is 15.0. The van der Waals surface area contributed by atoms with Crippen molar-refractivity contribution in [2.75, 3.05) is 13.0 Å². The predicted octanol–water partition coefficient (Wildman–Crippen LogP) is 4.76. The molecule has 166 valence electrons. The lowest BCUT2D eigenvalue weighted by Gasteiger charge is -2.33. The van der Waals surface area contributed by atoms with Gasteiger partial charge in [-0.3, -0.25) is 9.59 Å². The molecule has 0 unspecified atom stereocenters. The highest BCUT2D eigenvalue weighted by atomic mass is 35.5. The molecule has 0 aromatic heterocycles. The molecular weight excluding hydrogens is 412 g/mol. The average Bonchev–Trinajstić information content (AvgIpc) is 2.80. The molecule has 1 saturated carbocycles. The number of amides is 2. The maximum atomic E-state index is 13.5. The highest BCUT2D eigenvalue weighted by molar-refractivity contribution is 6.27. The van der Waals surface area contributed by atoms with Crippen molar-refractivity contribution in [3.8, 4) is 5.75 Å². The molecule has 1 aliphatic carbocycles. The zero-order valence-electron chi connectivity index (χ0n) is 18.3. The van der Waals surface area contributed by atoms with Crippen molar-refractivity contribution in [1.82, 2.24) is 10.2 Å². The molecule has 0 saturated heterocycles. The van der Waals surface area contributed by atoms with Gasteiger partial charge < -0.3 is 15.0 Å². The number of hydrogen-bond acceptors (Lipinski definition) is 3. The van der Waals surface area contributed by atoms with E-state index in [1.807, 2.05) is 55.5 Å². The van der Waals surface area contributed by atoms with E-state index in [4.69, 9.17) is 16.3 Å². The van der Waals surface area contributed by atoms with Gasteiger partial charge in [0.25, 0.3) is 0 Å². The lowest BCUT2D eigenvalue weighted by atomic mass is 9.94. The molecule has 1 atom stereocenters. The average molecular weight is 443 g/mol. The Hall–Kier alpha value is -2.53. The van der Waals surface area contributed by atoms with E-state index < -0.39 is 6.04 Å². The number of nitrogens with zero attached hydrogens (tertiary/aromatic N) is 1. The van der Waals surface area contributed by atoms with E-state index in [1.165, 1.54) is 6.42 Å². The summed E-state index contributed by atoms with van der Waals surface area (Å²) in [6.45, 7) is 2.31. The van der Waals surface area contributed by atoms with Crippen LogP contribution in [0.25, 0.3) is 0 Å². The predicted molar refractivity (Wildman–Crippen MR) is 123 cm³/mol. The van der Waals surface area contributed by atoms with E-state index in [-0.39, 0.29) is 23.7 Å². The first-order valence-corrected chi connectivity index (χ1v) is 11.4. The summed E-state index contributed by atoms with van der Waals surface area (Å²) in [4.78, 5) is 28.0. The third kappa shape index (κ3) is 6.23. The van der Waals surface area contributed by atoms with Gasteiger partial charge >= 0.3 is 0 Å². The molecule has 3 rings (SSSR count). The molecule has 31 heavy (non-hydrogen) atoms. The summed E-state index contributed by atoms with van der Waals surface area (Å²) in [6, 6.07) is 14.6. The Labute approximate surface area is 189 Å². The van der Waals surface area contributed by atoms with E-state index in [9.17, 15) is 9.59 Å². The molecule has 0 heterocycles. The molecule has 6 heteroatoms. The number of benzene rings is 2. The van der Waals surface area contributed by atoms with Crippen LogP contribution >= 0.6 is 11.6 Å². The molecule has 1 N–H and O–H groups in total. The van der Waals surface area contributed by atoms with Gasteiger partial charge in [0.1, 0.15) is 17.7 Å². The van der Waals surface area contributed by atoms with E-state index >= 15 is 0 Å². The zero-order chi connectivity index (χ0) is 22.2. The van der Waals surface area contributed by atoms with Crippen molar-refractivity contribution in [3.05, 3.63) is 65.2 Å². The Morgan fingerprint density at radius 2 is 1.84 bits per heavy atom. The van der Waals surface area contributed by atoms with Crippen LogP contribution in [0, 0.1) is 6.92 Å². The Kier molecular flexibility index (Phi) is 8.35. The molecule has 2 aromatic carbocycles. The highest BCUT2D eigenvalue weighted by Crippen LogP contribution is 2.28. The first kappa shape index (κ1) is 23.1. The molecule has 1 aliphatic rings. The fraction of sp³-hybridized carbons (Fsp3) is 0.440. The molecule has 0 aliphatic heterocycles. The first-order valence-electron chi connectivity index (χ1n) is 10.9. The van der Waals surface area contributed by atoms with Crippen LogP contribution in [0.1, 0.15) is 54.8 Å². The van der Waals surface area contributed by atoms with Crippen molar-refractivity contribution in [1.29, 1.82) is 0 Å². The van der Waals surface area contributed by atoms with Gasteiger partial charge in [-0.15, -0.1) is 11.6 Å². The maximum absolute atomic E-state index is 13.5. The number of methoxy groups -OCH3 is 1. The number of nitrogens with one attached hydrogen (secondary N) is 1. The van der Waals surface area contributed by atoms with Crippen molar-refractivity contribution in [2.24, 2.45) is 0 Å². The number of ether oxygens (including phenoxy) is 1. The van der Waals surface area contributed by atoms with Gasteiger partial charge in [-0.1, -0.05) is 61.2 Å². The fourth-order valence-corrected chi connectivity index (χ4v) is 4.26. The number of rotatable bonds is 8. The summed E-state index contributed by atoms with van der Waals surface area (Å²) in [5.74, 6) is -0.00980. The molecule has 5 nitrogen and oxygen atoms in total. The maximum Gasteiger partial charge on any atom is 0.247 e. The monoisotopic (exact) mass is 442 g/mol. The largest absolute Gasteiger partial charge is 0.497 e. The van der Waals surface area contributed by atoms with Crippen molar-refractivity contribution < 1.29 is 14.3 Å². The van der Waals surface area contributed by atoms with Crippen LogP contribution in [0.5, 0.6) is 5.75 Å². The van der Waals surface area contributed by atoms with Crippen molar-refractivity contribution >= 4 is 23.4 Å². The minimum atomic E-state index is -0.787. The Balaban J connectivity index is 1.95. The molecule has 0 bridgehead atoms. The summed E-state index contributed by atoms with van der Waals surface area (Å²) in [5, 5.41) is 3.19. The lowest BCUT2D eigenvalue weighted by molar-refractivity contribution is -0.140. The van der Waals surface area contributed by atoms with Crippen molar-refractivity contribution in [3.63, 3.8) is 0 Å². The van der Waals surface area contributed by atoms with Crippen LogP contribution in [0.4, 0.5) is 0 Å². The summed E-state index contributed by atoms with van der Waals surface area (Å²) in [7, 11) is 1.59. The number of alkyl halides is 1. The molecule has 2 aromatic rings. The third-order valence-corrected chi connectivity index (χ3v) is 6.06. The SMILES string of the molecule is COc1cccc([C@H](C(=O)NC2CCCCC2)N(Cc2ccc(C)cc2)C(=O)CCl)c1. The number of aryl methyl sites for hydroxylation is 1. The van der Waals surface area contributed by atoms with Gasteiger partial charge in [0, 0.05) is 12.6 Å². The number of halogens is 1. The van der Waals surface area contributed by atoms with Crippen LogP contribution in [0.3, 0.4) is 0 Å². The fourth-order valence-electron chi connectivity index (χ4n) is 4.10. The number of hydrogen-bond donors (Lipinski definition) is 1. The minimum absolute atomic E-state index is 0.140. The summed E-state index contributed by atoms with van der Waals surface area (Å²) in [6.07, 6.45) is 5.37. The normalized spacial score (nSPS) is 15.2. The van der Waals surface area contributed by atoms with Crippen LogP contribution < -0.4 is 10.1 Å². The summed E-state index contributed by atoms with van der Waals surface area (Å²) in [5.41, 5.74) is 2.79. The van der Waals surface area contributed by atoms with Crippen LogP contribution in [0.15, 0.2) is 48.5 Å². The number of carbonyl (C=O) groups excluding carboxylic acids is 2. The van der Waals surface area contributed by atoms with Crippen LogP contribution in [0.2, 0.25) is 0 Å². The van der Waals surface area contributed by atoms with Crippen molar-refractivity contribution in [2.45, 2.75) is 57.7 Å². The standard InChI is InChI=1S/C25H31ClN2O3/c1-18-11-13-19(14-12-18)17-28(23(29)16-26)24(20-7-6-10-22(15-20)31-2)25(30)27-21-8-4-3-5-9-21/h6-7,10-15,21,24H,3-5,8-9,16-17H2,1-2H3,(H,27,30)/t24-/m1/s1. The highest BCUT2D eigenvalue weighted by Gasteiger charge is 2.33. The molecule has 1 fully saturated rings. The Morgan fingerprint density at radius 1 is 1.13 bits per heavy atom.